The molecule has 1 aliphatic heterocycles. The van der Waals surface area contributed by atoms with Crippen molar-refractivity contribution in [2.45, 2.75) is 95.1 Å². The number of Topliss-reactive ketones (excluding diaryl/α,β-unsaturated/α-hetero) is 1. The van der Waals surface area contributed by atoms with Gasteiger partial charge >= 0.3 is 12.1 Å². The first kappa shape index (κ1) is 43.1. The summed E-state index contributed by atoms with van der Waals surface area (Å²) >= 11 is 0. The number of unbranched alkanes of at least 4 members (excludes halogenated alkanes) is 1. The molecular formula is C38H53F3N6O6. The van der Waals surface area contributed by atoms with Gasteiger partial charge < -0.3 is 37.5 Å². The molecule has 1 aliphatic rings. The summed E-state index contributed by atoms with van der Waals surface area (Å²) in [4.78, 5) is 68.7. The fraction of sp³-hybridized carbons (Fsp3) is 0.553. The van der Waals surface area contributed by atoms with E-state index in [0.29, 0.717) is 31.4 Å². The van der Waals surface area contributed by atoms with Crippen molar-refractivity contribution in [1.82, 2.24) is 15.5 Å². The number of ketones is 1. The predicted molar refractivity (Wildman–Crippen MR) is 193 cm³/mol. The maximum absolute atomic E-state index is 14.0. The van der Waals surface area contributed by atoms with Crippen LogP contribution in [0.3, 0.4) is 0 Å². The number of amides is 3. The predicted octanol–water partition coefficient (Wildman–Crippen LogP) is 2.64. The lowest BCUT2D eigenvalue weighted by atomic mass is 9.88. The minimum atomic E-state index is -4.51. The Hall–Kier alpha value is -4.34. The van der Waals surface area contributed by atoms with Crippen molar-refractivity contribution in [2.75, 3.05) is 26.7 Å². The molecule has 1 fully saturated rings. The molecular weight excluding hydrogens is 693 g/mol. The number of nitrogens with zero attached hydrogens (tertiary/aromatic N) is 1. The number of likely N-dealkylation sites (tertiary alicyclic amines) is 1. The normalized spacial score (nSPS) is 18.2. The largest absolute Gasteiger partial charge is 0.468 e. The number of carbonyl (C=O) groups is 5. The Labute approximate surface area is 308 Å². The van der Waals surface area contributed by atoms with Gasteiger partial charge in [-0.25, -0.2) is 4.79 Å². The monoisotopic (exact) mass is 746 g/mol. The number of methoxy groups -OCH3 is 1. The number of hydrogen-bond donors (Lipinski definition) is 5. The van der Waals surface area contributed by atoms with E-state index in [1.54, 1.807) is 30.3 Å². The highest BCUT2D eigenvalue weighted by Gasteiger charge is 2.45. The summed E-state index contributed by atoms with van der Waals surface area (Å²) in [5.74, 6) is -3.52. The molecule has 0 aromatic heterocycles. The zero-order chi connectivity index (χ0) is 39.3. The van der Waals surface area contributed by atoms with Crippen molar-refractivity contribution in [2.24, 2.45) is 29.0 Å². The topological polar surface area (TPSA) is 200 Å². The standard InChI is InChI=1S/C38H53F3N6O6/c1-24(2)19-27(33(49)45-30(11-7-8-17-42)35(51)47-18-16-37(44,23-47)36(52)53-3)22-32(48)31(21-25-9-5-4-6-10-25)46-34(50)29(43)20-26-12-14-28(15-13-26)38(39,40)41/h4-6,9-10,12-15,24,27,29-31H,7-8,11,16-23,42-44H2,1-3H3,(H,45,49)(H,46,50)/t27-,29+,30+,31+,37?/m0/s1. The molecule has 1 saturated heterocycles. The van der Waals surface area contributed by atoms with Crippen molar-refractivity contribution in [1.29, 1.82) is 0 Å². The molecule has 0 radical (unpaired) electrons. The van der Waals surface area contributed by atoms with Crippen LogP contribution in [0.5, 0.6) is 0 Å². The molecule has 0 bridgehead atoms. The number of nitrogens with two attached hydrogens (primary N) is 3. The average molecular weight is 747 g/mol. The number of benzene rings is 2. The molecule has 5 atom stereocenters. The molecule has 3 rings (SSSR count). The van der Waals surface area contributed by atoms with E-state index >= 15 is 0 Å². The zero-order valence-electron chi connectivity index (χ0n) is 30.6. The van der Waals surface area contributed by atoms with Crippen molar-refractivity contribution >= 4 is 29.5 Å². The van der Waals surface area contributed by atoms with Crippen molar-refractivity contribution in [3.63, 3.8) is 0 Å². The van der Waals surface area contributed by atoms with Crippen LogP contribution in [0, 0.1) is 11.8 Å². The lowest BCUT2D eigenvalue weighted by molar-refractivity contribution is -0.147. The van der Waals surface area contributed by atoms with Crippen LogP contribution in [0.25, 0.3) is 0 Å². The molecule has 0 spiro atoms. The maximum Gasteiger partial charge on any atom is 0.416 e. The van der Waals surface area contributed by atoms with E-state index in [1.165, 1.54) is 24.1 Å². The molecule has 0 aliphatic carbocycles. The van der Waals surface area contributed by atoms with E-state index in [1.807, 2.05) is 13.8 Å². The first-order valence-electron chi connectivity index (χ1n) is 17.9. The average Bonchev–Trinajstić information content (AvgIpc) is 3.52. The van der Waals surface area contributed by atoms with Gasteiger partial charge in [0.1, 0.15) is 11.6 Å². The number of hydrogen-bond acceptors (Lipinski definition) is 9. The van der Waals surface area contributed by atoms with Crippen LogP contribution < -0.4 is 27.8 Å². The Morgan fingerprint density at radius 1 is 0.906 bits per heavy atom. The van der Waals surface area contributed by atoms with Crippen LogP contribution in [0.1, 0.15) is 69.1 Å². The second-order valence-corrected chi connectivity index (χ2v) is 14.3. The highest BCUT2D eigenvalue weighted by atomic mass is 19.4. The SMILES string of the molecule is COC(=O)C1(N)CCN(C(=O)[C@@H](CCCCN)NC(=O)[C@H](CC(=O)[C@@H](Cc2ccccc2)NC(=O)[C@H](N)Cc2ccc(C(F)(F)F)cc2)CC(C)C)C1. The highest BCUT2D eigenvalue weighted by Crippen LogP contribution is 2.29. The van der Waals surface area contributed by atoms with Gasteiger partial charge in [-0.15, -0.1) is 0 Å². The van der Waals surface area contributed by atoms with E-state index in [0.717, 1.165) is 17.7 Å². The number of esters is 1. The lowest BCUT2D eigenvalue weighted by Crippen LogP contribution is -2.54. The van der Waals surface area contributed by atoms with E-state index in [9.17, 15) is 37.1 Å². The Balaban J connectivity index is 1.78. The molecule has 3 amide bonds. The fourth-order valence-electron chi connectivity index (χ4n) is 6.44. The summed E-state index contributed by atoms with van der Waals surface area (Å²) in [6.07, 6.45) is -2.81. The lowest BCUT2D eigenvalue weighted by Gasteiger charge is -2.28. The minimum Gasteiger partial charge on any atom is -0.468 e. The van der Waals surface area contributed by atoms with Crippen molar-refractivity contribution < 1.29 is 41.9 Å². The molecule has 53 heavy (non-hydrogen) atoms. The van der Waals surface area contributed by atoms with Crippen molar-refractivity contribution in [3.05, 3.63) is 71.3 Å². The van der Waals surface area contributed by atoms with E-state index in [-0.39, 0.29) is 51.1 Å². The number of nitrogens with one attached hydrogen (secondary N) is 2. The Morgan fingerprint density at radius 2 is 1.53 bits per heavy atom. The van der Waals surface area contributed by atoms with E-state index in [4.69, 9.17) is 21.9 Å². The summed E-state index contributed by atoms with van der Waals surface area (Å²) in [7, 11) is 1.22. The number of rotatable bonds is 19. The Morgan fingerprint density at radius 3 is 2.11 bits per heavy atom. The zero-order valence-corrected chi connectivity index (χ0v) is 30.6. The second kappa shape index (κ2) is 19.7. The smallest absolute Gasteiger partial charge is 0.416 e. The van der Waals surface area contributed by atoms with Crippen molar-refractivity contribution in [3.8, 4) is 0 Å². The third kappa shape index (κ3) is 12.9. The van der Waals surface area contributed by atoms with Crippen LogP contribution in [-0.4, -0.2) is 84.8 Å². The second-order valence-electron chi connectivity index (χ2n) is 14.3. The molecule has 2 aromatic rings. The van der Waals surface area contributed by atoms with Gasteiger partial charge in [0.05, 0.1) is 24.8 Å². The molecule has 8 N–H and O–H groups in total. The van der Waals surface area contributed by atoms with Gasteiger partial charge in [-0.05, 0) is 80.7 Å². The molecule has 1 unspecified atom stereocenters. The first-order valence-corrected chi connectivity index (χ1v) is 17.9. The molecule has 0 saturated carbocycles. The Bertz CT molecular complexity index is 1540. The number of alkyl halides is 3. The van der Waals surface area contributed by atoms with Gasteiger partial charge in [0, 0.05) is 25.4 Å². The van der Waals surface area contributed by atoms with Gasteiger partial charge in [0.15, 0.2) is 5.78 Å². The van der Waals surface area contributed by atoms with Crippen LogP contribution in [-0.2, 0) is 47.7 Å². The molecule has 1 heterocycles. The van der Waals surface area contributed by atoms with Crippen LogP contribution in [0.15, 0.2) is 54.6 Å². The molecule has 2 aromatic carbocycles. The number of halogens is 3. The van der Waals surface area contributed by atoms with Gasteiger partial charge in [-0.3, -0.25) is 19.2 Å². The van der Waals surface area contributed by atoms with Gasteiger partial charge in [0.2, 0.25) is 17.7 Å². The summed E-state index contributed by atoms with van der Waals surface area (Å²) in [6, 6.07) is 10.1. The van der Waals surface area contributed by atoms with Gasteiger partial charge in [-0.1, -0.05) is 56.3 Å². The first-order chi connectivity index (χ1) is 25.0. The van der Waals surface area contributed by atoms with Crippen LogP contribution >= 0.6 is 0 Å². The van der Waals surface area contributed by atoms with Gasteiger partial charge in [-0.2, -0.15) is 13.2 Å². The van der Waals surface area contributed by atoms with Gasteiger partial charge in [0.25, 0.3) is 0 Å². The maximum atomic E-state index is 14.0. The third-order valence-electron chi connectivity index (χ3n) is 9.40. The van der Waals surface area contributed by atoms with E-state index in [2.05, 4.69) is 10.6 Å². The minimum absolute atomic E-state index is 0.0132. The molecule has 15 heteroatoms. The summed E-state index contributed by atoms with van der Waals surface area (Å²) < 4.78 is 43.9. The quantitative estimate of drug-likeness (QED) is 0.106. The van der Waals surface area contributed by atoms with Crippen LogP contribution in [0.2, 0.25) is 0 Å². The summed E-state index contributed by atoms with van der Waals surface area (Å²) in [6.45, 7) is 4.31. The summed E-state index contributed by atoms with van der Waals surface area (Å²) in [5, 5.41) is 5.59. The highest BCUT2D eigenvalue weighted by molar-refractivity contribution is 5.95. The Kier molecular flexibility index (Phi) is 16.0. The third-order valence-corrected chi connectivity index (χ3v) is 9.40. The van der Waals surface area contributed by atoms with Crippen LogP contribution in [0.4, 0.5) is 13.2 Å². The molecule has 292 valence electrons. The molecule has 12 nitrogen and oxygen atoms in total. The summed E-state index contributed by atoms with van der Waals surface area (Å²) in [5.41, 5.74) is 17.1. The number of ether oxygens (including phenoxy) is 1. The number of carbonyl (C=O) groups excluding carboxylic acids is 5. The fourth-order valence-corrected chi connectivity index (χ4v) is 6.44. The van der Waals surface area contributed by atoms with E-state index < -0.39 is 70.8 Å².